The minimum atomic E-state index is -0.667. The number of aromatic nitrogens is 6. The van der Waals surface area contributed by atoms with Crippen LogP contribution in [-0.2, 0) is 15.9 Å². The molecule has 170 valence electrons. The quantitative estimate of drug-likeness (QED) is 0.473. The summed E-state index contributed by atoms with van der Waals surface area (Å²) < 4.78 is 43.4. The molecule has 0 spiro atoms. The standard InChI is InChI=1S/C21H22BF2N7O2/c1-20(2)21(3,4)33-22(32-20)12-8-26-30(10-12)17-13-9-27-31(18(13)29-19(25)28-17)11-14-15(23)6-5-7-16(14)24/h5-10H,11H2,1-4H3,(H2,25,28,29). The molecule has 1 saturated heterocycles. The Bertz CT molecular complexity index is 1330. The molecular weight excluding hydrogens is 431 g/mol. The monoisotopic (exact) mass is 453 g/mol. The molecule has 1 aliphatic heterocycles. The van der Waals surface area contributed by atoms with Crippen molar-refractivity contribution in [1.29, 1.82) is 0 Å². The minimum Gasteiger partial charge on any atom is -0.399 e. The fourth-order valence-corrected chi connectivity index (χ4v) is 3.63. The van der Waals surface area contributed by atoms with Crippen LogP contribution >= 0.6 is 0 Å². The van der Waals surface area contributed by atoms with Gasteiger partial charge in [-0.05, 0) is 39.8 Å². The normalized spacial score (nSPS) is 17.2. The second-order valence-corrected chi connectivity index (χ2v) is 8.95. The van der Waals surface area contributed by atoms with Crippen LogP contribution in [-0.4, -0.2) is 47.8 Å². The van der Waals surface area contributed by atoms with Gasteiger partial charge in [0.05, 0.1) is 29.3 Å². The number of nitrogen functional groups attached to an aromatic ring is 1. The Kier molecular flexibility index (Phi) is 4.76. The van der Waals surface area contributed by atoms with Gasteiger partial charge in [-0.1, -0.05) is 6.07 Å². The summed E-state index contributed by atoms with van der Waals surface area (Å²) in [6, 6.07) is 3.70. The Morgan fingerprint density at radius 2 is 1.67 bits per heavy atom. The molecule has 0 radical (unpaired) electrons. The van der Waals surface area contributed by atoms with E-state index in [0.29, 0.717) is 22.3 Å². The van der Waals surface area contributed by atoms with Gasteiger partial charge in [0.25, 0.3) is 0 Å². The molecular formula is C21H22BF2N7O2. The summed E-state index contributed by atoms with van der Waals surface area (Å²) in [4.78, 5) is 8.54. The number of hydrogen-bond donors (Lipinski definition) is 1. The predicted octanol–water partition coefficient (Wildman–Crippen LogP) is 2.22. The van der Waals surface area contributed by atoms with Gasteiger partial charge in [0, 0.05) is 23.4 Å². The highest BCUT2D eigenvalue weighted by Gasteiger charge is 2.52. The Hall–Kier alpha value is -3.38. The van der Waals surface area contributed by atoms with Crippen molar-refractivity contribution in [3.8, 4) is 5.82 Å². The maximum Gasteiger partial charge on any atom is 0.498 e. The molecule has 4 aromatic rings. The molecule has 1 aliphatic rings. The fourth-order valence-electron chi connectivity index (χ4n) is 3.63. The molecule has 12 heteroatoms. The molecule has 33 heavy (non-hydrogen) atoms. The highest BCUT2D eigenvalue weighted by Crippen LogP contribution is 2.36. The molecule has 1 fully saturated rings. The van der Waals surface area contributed by atoms with Crippen molar-refractivity contribution in [3.63, 3.8) is 0 Å². The zero-order chi connectivity index (χ0) is 23.5. The van der Waals surface area contributed by atoms with Crippen molar-refractivity contribution < 1.29 is 18.1 Å². The molecule has 0 atom stereocenters. The molecule has 0 saturated carbocycles. The van der Waals surface area contributed by atoms with Crippen molar-refractivity contribution in [2.45, 2.75) is 45.4 Å². The lowest BCUT2D eigenvalue weighted by molar-refractivity contribution is 0.00578. The van der Waals surface area contributed by atoms with E-state index >= 15 is 0 Å². The summed E-state index contributed by atoms with van der Waals surface area (Å²) >= 11 is 0. The number of benzene rings is 1. The number of nitrogens with zero attached hydrogens (tertiary/aromatic N) is 6. The van der Waals surface area contributed by atoms with E-state index in [1.54, 1.807) is 12.4 Å². The molecule has 9 nitrogen and oxygen atoms in total. The van der Waals surface area contributed by atoms with Crippen LogP contribution in [0.5, 0.6) is 0 Å². The molecule has 3 aromatic heterocycles. The maximum absolute atomic E-state index is 14.1. The zero-order valence-electron chi connectivity index (χ0n) is 18.6. The number of nitrogens with two attached hydrogens (primary N) is 1. The Balaban J connectivity index is 1.52. The predicted molar refractivity (Wildman–Crippen MR) is 118 cm³/mol. The third kappa shape index (κ3) is 3.55. The van der Waals surface area contributed by atoms with Crippen molar-refractivity contribution in [3.05, 3.63) is 54.0 Å². The van der Waals surface area contributed by atoms with E-state index in [0.717, 1.165) is 0 Å². The van der Waals surface area contributed by atoms with Crippen LogP contribution in [0.15, 0.2) is 36.8 Å². The summed E-state index contributed by atoms with van der Waals surface area (Å²) in [7, 11) is -0.592. The SMILES string of the molecule is CC1(C)OB(c2cnn(-c3nc(N)nc4c3cnn4Cc3c(F)cccc3F)c2)OC1(C)C. The highest BCUT2D eigenvalue weighted by atomic mass is 19.1. The van der Waals surface area contributed by atoms with E-state index in [1.807, 2.05) is 27.7 Å². The average Bonchev–Trinajstić information content (AvgIpc) is 3.41. The van der Waals surface area contributed by atoms with E-state index in [2.05, 4.69) is 20.2 Å². The van der Waals surface area contributed by atoms with Crippen LogP contribution in [0.4, 0.5) is 14.7 Å². The summed E-state index contributed by atoms with van der Waals surface area (Å²) in [5, 5.41) is 9.17. The van der Waals surface area contributed by atoms with Crippen LogP contribution in [0.3, 0.4) is 0 Å². The first-order valence-corrected chi connectivity index (χ1v) is 10.4. The van der Waals surface area contributed by atoms with Gasteiger partial charge in [-0.15, -0.1) is 0 Å². The van der Waals surface area contributed by atoms with Crippen LogP contribution in [0.1, 0.15) is 33.3 Å². The van der Waals surface area contributed by atoms with Gasteiger partial charge in [-0.25, -0.2) is 18.1 Å². The van der Waals surface area contributed by atoms with Gasteiger partial charge in [0.2, 0.25) is 5.95 Å². The third-order valence-corrected chi connectivity index (χ3v) is 6.21. The number of fused-ring (bicyclic) bond motifs is 1. The first-order valence-electron chi connectivity index (χ1n) is 10.4. The van der Waals surface area contributed by atoms with Crippen molar-refractivity contribution in [1.82, 2.24) is 29.5 Å². The second kappa shape index (κ2) is 7.32. The molecule has 2 N–H and O–H groups in total. The topological polar surface area (TPSA) is 106 Å². The molecule has 0 amide bonds. The summed E-state index contributed by atoms with van der Waals surface area (Å²) in [5.41, 5.74) is 5.87. The summed E-state index contributed by atoms with van der Waals surface area (Å²) in [6.07, 6.45) is 4.88. The van der Waals surface area contributed by atoms with Crippen molar-refractivity contribution >= 4 is 29.6 Å². The first-order chi connectivity index (χ1) is 15.6. The number of anilines is 1. The second-order valence-electron chi connectivity index (χ2n) is 8.95. The van der Waals surface area contributed by atoms with Gasteiger partial charge in [0.15, 0.2) is 11.5 Å². The molecule has 0 unspecified atom stereocenters. The Morgan fingerprint density at radius 3 is 2.33 bits per heavy atom. The van der Waals surface area contributed by atoms with Gasteiger partial charge in [-0.2, -0.15) is 20.2 Å². The van der Waals surface area contributed by atoms with Gasteiger partial charge in [0.1, 0.15) is 11.6 Å². The molecule has 4 heterocycles. The fraction of sp³-hybridized carbons (Fsp3) is 0.333. The number of rotatable bonds is 4. The molecule has 0 aliphatic carbocycles. The van der Waals surface area contributed by atoms with Crippen LogP contribution in [0.25, 0.3) is 16.9 Å². The maximum atomic E-state index is 14.1. The lowest BCUT2D eigenvalue weighted by Gasteiger charge is -2.32. The minimum absolute atomic E-state index is 0.0269. The summed E-state index contributed by atoms with van der Waals surface area (Å²) in [6.45, 7) is 7.73. The van der Waals surface area contributed by atoms with Gasteiger partial charge < -0.3 is 15.0 Å². The lowest BCUT2D eigenvalue weighted by Crippen LogP contribution is -2.41. The smallest absolute Gasteiger partial charge is 0.399 e. The highest BCUT2D eigenvalue weighted by molar-refractivity contribution is 6.62. The van der Waals surface area contributed by atoms with E-state index in [1.165, 1.54) is 33.8 Å². The number of halogens is 2. The van der Waals surface area contributed by atoms with Gasteiger partial charge >= 0.3 is 7.12 Å². The molecule has 1 aromatic carbocycles. The van der Waals surface area contributed by atoms with Crippen LogP contribution < -0.4 is 11.2 Å². The van der Waals surface area contributed by atoms with E-state index in [-0.39, 0.29) is 18.1 Å². The first kappa shape index (κ1) is 21.5. The largest absolute Gasteiger partial charge is 0.498 e. The zero-order valence-corrected chi connectivity index (χ0v) is 18.6. The van der Waals surface area contributed by atoms with E-state index in [4.69, 9.17) is 15.0 Å². The number of hydrogen-bond acceptors (Lipinski definition) is 7. The Labute approximate surface area is 188 Å². The van der Waals surface area contributed by atoms with Gasteiger partial charge in [-0.3, -0.25) is 0 Å². The summed E-state index contributed by atoms with van der Waals surface area (Å²) in [5.74, 6) is -0.985. The third-order valence-electron chi connectivity index (χ3n) is 6.21. The molecule has 0 bridgehead atoms. The van der Waals surface area contributed by atoms with Crippen LogP contribution in [0, 0.1) is 11.6 Å². The van der Waals surface area contributed by atoms with Crippen molar-refractivity contribution in [2.75, 3.05) is 5.73 Å². The lowest BCUT2D eigenvalue weighted by atomic mass is 9.82. The van der Waals surface area contributed by atoms with Crippen molar-refractivity contribution in [2.24, 2.45) is 0 Å². The molecule has 5 rings (SSSR count). The Morgan fingerprint density at radius 1 is 1.00 bits per heavy atom. The van der Waals surface area contributed by atoms with E-state index < -0.39 is 30.0 Å². The average molecular weight is 453 g/mol. The van der Waals surface area contributed by atoms with E-state index in [9.17, 15) is 8.78 Å². The van der Waals surface area contributed by atoms with Crippen LogP contribution in [0.2, 0.25) is 0 Å².